The minimum atomic E-state index is 0.431. The van der Waals surface area contributed by atoms with Crippen LogP contribution >= 0.6 is 0 Å². The largest absolute Gasteiger partial charge is 0.507 e. The van der Waals surface area contributed by atoms with Crippen molar-refractivity contribution in [3.63, 3.8) is 0 Å². The van der Waals surface area contributed by atoms with Crippen molar-refractivity contribution in [2.45, 2.75) is 83.6 Å². The van der Waals surface area contributed by atoms with Crippen molar-refractivity contribution in [2.75, 3.05) is 0 Å². The molecule has 1 aromatic carbocycles. The molecule has 0 heterocycles. The molecule has 2 atom stereocenters. The Morgan fingerprint density at radius 3 is 2.43 bits per heavy atom. The number of benzene rings is 1. The molecule has 2 saturated carbocycles. The molecule has 23 heavy (non-hydrogen) atoms. The number of phenolic OH excluding ortho intramolecular Hbond substituents is 1. The van der Waals surface area contributed by atoms with Crippen molar-refractivity contribution in [3.05, 3.63) is 28.8 Å². The predicted molar refractivity (Wildman–Crippen MR) is 97.7 cm³/mol. The Hall–Kier alpha value is -1.31. The molecule has 2 aliphatic carbocycles. The fourth-order valence-corrected chi connectivity index (χ4v) is 4.32. The van der Waals surface area contributed by atoms with Crippen LogP contribution in [0.15, 0.2) is 17.1 Å². The molecule has 0 aromatic heterocycles. The molecule has 0 spiro atoms. The highest BCUT2D eigenvalue weighted by Gasteiger charge is 2.22. The first-order chi connectivity index (χ1) is 11.2. The average Bonchev–Trinajstić information content (AvgIpc) is 2.57. The number of rotatable bonds is 3. The maximum atomic E-state index is 10.8. The predicted octanol–water partition coefficient (Wildman–Crippen LogP) is 5.75. The summed E-state index contributed by atoms with van der Waals surface area (Å²) in [7, 11) is 0. The van der Waals surface area contributed by atoms with Gasteiger partial charge in [0, 0.05) is 11.8 Å². The molecule has 0 amide bonds. The van der Waals surface area contributed by atoms with E-state index in [1.807, 2.05) is 6.21 Å². The Bertz CT molecular complexity index is 557. The van der Waals surface area contributed by atoms with E-state index < -0.39 is 0 Å². The van der Waals surface area contributed by atoms with Gasteiger partial charge in [-0.15, -0.1) is 0 Å². The molecule has 1 aromatic rings. The van der Waals surface area contributed by atoms with Gasteiger partial charge in [-0.25, -0.2) is 0 Å². The first-order valence-electron chi connectivity index (χ1n) is 9.52. The van der Waals surface area contributed by atoms with Gasteiger partial charge in [0.2, 0.25) is 0 Å². The third-order valence-corrected chi connectivity index (χ3v) is 5.97. The van der Waals surface area contributed by atoms with Crippen molar-refractivity contribution >= 4 is 6.21 Å². The fourth-order valence-electron chi connectivity index (χ4n) is 4.32. The summed E-state index contributed by atoms with van der Waals surface area (Å²) in [6.45, 7) is 4.39. The van der Waals surface area contributed by atoms with Gasteiger partial charge < -0.3 is 5.11 Å². The van der Waals surface area contributed by atoms with E-state index in [0.29, 0.717) is 23.6 Å². The molecule has 2 aliphatic rings. The topological polar surface area (TPSA) is 32.6 Å². The normalized spacial score (nSPS) is 26.7. The molecule has 3 rings (SSSR count). The van der Waals surface area contributed by atoms with Crippen LogP contribution in [-0.2, 0) is 0 Å². The molecular formula is C21H31NO. The Morgan fingerprint density at radius 2 is 1.70 bits per heavy atom. The van der Waals surface area contributed by atoms with Crippen molar-refractivity contribution < 1.29 is 5.11 Å². The van der Waals surface area contributed by atoms with Gasteiger partial charge in [-0.2, -0.15) is 0 Å². The van der Waals surface area contributed by atoms with Gasteiger partial charge in [0.15, 0.2) is 0 Å². The van der Waals surface area contributed by atoms with Crippen molar-refractivity contribution in [2.24, 2.45) is 10.9 Å². The van der Waals surface area contributed by atoms with Crippen LogP contribution in [0.1, 0.15) is 87.3 Å². The molecule has 0 radical (unpaired) electrons. The summed E-state index contributed by atoms with van der Waals surface area (Å²) in [5, 5.41) is 10.8. The molecular weight excluding hydrogens is 282 g/mol. The summed E-state index contributed by atoms with van der Waals surface area (Å²) in [4.78, 5) is 4.86. The van der Waals surface area contributed by atoms with Gasteiger partial charge in [0.1, 0.15) is 5.75 Å². The summed E-state index contributed by atoms with van der Waals surface area (Å²) in [5.74, 6) is 1.69. The highest BCUT2D eigenvalue weighted by Crippen LogP contribution is 2.39. The highest BCUT2D eigenvalue weighted by atomic mass is 16.3. The third kappa shape index (κ3) is 3.79. The second-order valence-corrected chi connectivity index (χ2v) is 7.68. The highest BCUT2D eigenvalue weighted by molar-refractivity contribution is 5.86. The lowest BCUT2D eigenvalue weighted by Crippen LogP contribution is -2.20. The molecule has 0 saturated heterocycles. The molecule has 2 fully saturated rings. The number of nitrogens with zero attached hydrogens (tertiary/aromatic N) is 1. The fraction of sp³-hybridized carbons (Fsp3) is 0.667. The van der Waals surface area contributed by atoms with Gasteiger partial charge in [0.25, 0.3) is 0 Å². The molecule has 2 unspecified atom stereocenters. The Balaban J connectivity index is 1.83. The molecule has 1 N–H and O–H groups in total. The van der Waals surface area contributed by atoms with Crippen LogP contribution in [-0.4, -0.2) is 17.4 Å². The van der Waals surface area contributed by atoms with Gasteiger partial charge in [-0.3, -0.25) is 4.99 Å². The van der Waals surface area contributed by atoms with E-state index in [2.05, 4.69) is 26.0 Å². The van der Waals surface area contributed by atoms with Crippen molar-refractivity contribution in [1.29, 1.82) is 0 Å². The van der Waals surface area contributed by atoms with Crippen molar-refractivity contribution in [1.82, 2.24) is 0 Å². The standard InChI is InChI=1S/C21H31NO/c1-15-12-13-18(17-9-4-3-5-10-17)21(23)19(15)14-22-20-11-7-6-8-16(20)2/h12-14,16-17,20,23H,3-11H2,1-2H3. The van der Waals surface area contributed by atoms with Crippen LogP contribution < -0.4 is 0 Å². The van der Waals surface area contributed by atoms with Crippen LogP contribution in [0.4, 0.5) is 0 Å². The van der Waals surface area contributed by atoms with Crippen LogP contribution in [0.2, 0.25) is 0 Å². The van der Waals surface area contributed by atoms with Gasteiger partial charge in [-0.1, -0.05) is 51.2 Å². The molecule has 2 heteroatoms. The van der Waals surface area contributed by atoms with E-state index in [1.54, 1.807) is 0 Å². The number of hydrogen-bond donors (Lipinski definition) is 1. The maximum Gasteiger partial charge on any atom is 0.128 e. The number of aryl methyl sites for hydroxylation is 1. The zero-order valence-electron chi connectivity index (χ0n) is 14.7. The van der Waals surface area contributed by atoms with E-state index in [-0.39, 0.29) is 0 Å². The summed E-state index contributed by atoms with van der Waals surface area (Å²) < 4.78 is 0. The third-order valence-electron chi connectivity index (χ3n) is 5.97. The zero-order chi connectivity index (χ0) is 16.2. The zero-order valence-corrected chi connectivity index (χ0v) is 14.7. The number of aliphatic imine (C=N–C) groups is 1. The monoisotopic (exact) mass is 313 g/mol. The smallest absolute Gasteiger partial charge is 0.128 e. The van der Waals surface area contributed by atoms with E-state index in [4.69, 9.17) is 4.99 Å². The summed E-state index contributed by atoms with van der Waals surface area (Å²) >= 11 is 0. The average molecular weight is 313 g/mol. The second-order valence-electron chi connectivity index (χ2n) is 7.68. The number of hydrogen-bond acceptors (Lipinski definition) is 2. The van der Waals surface area contributed by atoms with Gasteiger partial charge in [-0.05, 0) is 55.6 Å². The first-order valence-corrected chi connectivity index (χ1v) is 9.52. The van der Waals surface area contributed by atoms with E-state index in [9.17, 15) is 5.11 Å². The van der Waals surface area contributed by atoms with Gasteiger partial charge >= 0.3 is 0 Å². The number of phenols is 1. The lowest BCUT2D eigenvalue weighted by Gasteiger charge is -2.26. The van der Waals surface area contributed by atoms with E-state index >= 15 is 0 Å². The van der Waals surface area contributed by atoms with E-state index in [0.717, 1.165) is 16.7 Å². The minimum absolute atomic E-state index is 0.431. The first kappa shape index (κ1) is 16.5. The molecule has 0 aliphatic heterocycles. The Morgan fingerprint density at radius 1 is 1.00 bits per heavy atom. The second kappa shape index (κ2) is 7.51. The lowest BCUT2D eigenvalue weighted by molar-refractivity contribution is 0.333. The summed E-state index contributed by atoms with van der Waals surface area (Å²) in [5.41, 5.74) is 3.23. The van der Waals surface area contributed by atoms with Crippen LogP contribution in [0.25, 0.3) is 0 Å². The molecule has 0 bridgehead atoms. The Kier molecular flexibility index (Phi) is 5.40. The SMILES string of the molecule is Cc1ccc(C2CCCCC2)c(O)c1C=NC1CCCCC1C. The van der Waals surface area contributed by atoms with Crippen LogP contribution in [0, 0.1) is 12.8 Å². The Labute approximate surface area is 141 Å². The molecule has 2 nitrogen and oxygen atoms in total. The maximum absolute atomic E-state index is 10.8. The minimum Gasteiger partial charge on any atom is -0.507 e. The lowest BCUT2D eigenvalue weighted by atomic mass is 9.82. The summed E-state index contributed by atoms with van der Waals surface area (Å²) in [6, 6.07) is 4.73. The van der Waals surface area contributed by atoms with Gasteiger partial charge in [0.05, 0.1) is 6.04 Å². The van der Waals surface area contributed by atoms with Crippen LogP contribution in [0.5, 0.6) is 5.75 Å². The number of aromatic hydroxyl groups is 1. The van der Waals surface area contributed by atoms with Crippen molar-refractivity contribution in [3.8, 4) is 5.75 Å². The molecule has 126 valence electrons. The van der Waals surface area contributed by atoms with E-state index in [1.165, 1.54) is 57.8 Å². The summed E-state index contributed by atoms with van der Waals surface area (Å²) in [6.07, 6.45) is 13.4. The van der Waals surface area contributed by atoms with Crippen LogP contribution in [0.3, 0.4) is 0 Å². The quantitative estimate of drug-likeness (QED) is 0.708.